The van der Waals surface area contributed by atoms with Crippen LogP contribution in [0, 0.1) is 0 Å². The Kier molecular flexibility index (Phi) is 9.63. The minimum Gasteiger partial charge on any atom is -0.434 e. The molecule has 15 heteroatoms. The minimum absolute atomic E-state index is 0. The summed E-state index contributed by atoms with van der Waals surface area (Å²) in [5.41, 5.74) is 11.1. The summed E-state index contributed by atoms with van der Waals surface area (Å²) in [4.78, 5) is 57.1. The predicted octanol–water partition coefficient (Wildman–Crippen LogP) is 8.50. The third-order valence-corrected chi connectivity index (χ3v) is 10.9. The van der Waals surface area contributed by atoms with Gasteiger partial charge >= 0.3 is 34.1 Å². The van der Waals surface area contributed by atoms with Crippen LogP contribution in [0.2, 0.25) is 0 Å². The first-order chi connectivity index (χ1) is 29.6. The van der Waals surface area contributed by atoms with Crippen molar-refractivity contribution in [2.24, 2.45) is 0 Å². The summed E-state index contributed by atoms with van der Waals surface area (Å²) in [6, 6.07) is 47.7. The van der Waals surface area contributed by atoms with Crippen molar-refractivity contribution in [3.8, 4) is 0 Å². The Hall–Kier alpha value is -7.64. The van der Waals surface area contributed by atoms with Gasteiger partial charge in [-0.15, -0.1) is 0 Å². The summed E-state index contributed by atoms with van der Waals surface area (Å²) in [5, 5.41) is 8.05. The van der Waals surface area contributed by atoms with E-state index < -0.39 is 0 Å². The van der Waals surface area contributed by atoms with Crippen molar-refractivity contribution in [2.75, 3.05) is 0 Å². The molecule has 14 aromatic rings. The molecule has 0 amide bonds. The summed E-state index contributed by atoms with van der Waals surface area (Å²) in [6.45, 7) is 0. The van der Waals surface area contributed by atoms with Crippen LogP contribution < -0.4 is 19.9 Å². The van der Waals surface area contributed by atoms with E-state index in [1.807, 2.05) is 146 Å². The van der Waals surface area contributed by atoms with Crippen molar-refractivity contribution >= 4 is 132 Å². The first-order valence-corrected chi connectivity index (χ1v) is 19.3. The molecule has 2 N–H and O–H groups in total. The number of rotatable bonds is 0. The van der Waals surface area contributed by atoms with E-state index in [9.17, 15) is 0 Å². The van der Waals surface area contributed by atoms with Crippen LogP contribution >= 0.6 is 0 Å². The smallest absolute Gasteiger partial charge is 0.434 e. The van der Waals surface area contributed by atoms with Gasteiger partial charge < -0.3 is 45.3 Å². The van der Waals surface area contributed by atoms with Crippen LogP contribution in [-0.4, -0.2) is 45.3 Å². The molecule has 13 nitrogen and oxygen atoms in total. The molecule has 0 aliphatic heterocycles. The van der Waals surface area contributed by atoms with E-state index >= 15 is 0 Å². The van der Waals surface area contributed by atoms with Crippen molar-refractivity contribution in [1.82, 2.24) is 59.8 Å². The summed E-state index contributed by atoms with van der Waals surface area (Å²) >= 11 is 0. The number of hydrogen-bond acceptors (Lipinski definition) is 8. The van der Waals surface area contributed by atoms with Gasteiger partial charge in [-0.05, 0) is 67.9 Å². The van der Waals surface area contributed by atoms with Gasteiger partial charge in [0.05, 0.1) is 44.7 Å². The largest absolute Gasteiger partial charge is 2.00 e. The molecule has 0 saturated carbocycles. The maximum atomic E-state index is 4.79. The van der Waals surface area contributed by atoms with Crippen LogP contribution in [0.15, 0.2) is 146 Å². The zero-order valence-electron chi connectivity index (χ0n) is 32.4. The molecule has 16 bridgehead atoms. The number of pyridine rings is 8. The number of hydrogen-bond donors (Lipinski definition) is 0. The molecule has 0 fully saturated rings. The summed E-state index contributed by atoms with van der Waals surface area (Å²) < 4.78 is 0. The predicted molar refractivity (Wildman–Crippen MR) is 240 cm³/mol. The topological polar surface area (TPSA) is 191 Å². The van der Waals surface area contributed by atoms with Gasteiger partial charge in [0.2, 0.25) is 0 Å². The average Bonchev–Trinajstić information content (AvgIpc) is 3.28. The van der Waals surface area contributed by atoms with E-state index in [0.29, 0.717) is 45.2 Å². The SMILES string of the molecule is O.[Fe+2].[Fe+2].c1cc2ccc3ccc4nc5ccc6ccc7ccc(nc1nc2c3[n-]4)[n-]c7c6n5.c1cc2ccc3ccc4nc5ccc6ccc7ccc(nc1nc2c3[n-]4)[n-]c7c6n5. The molecule has 0 aliphatic rings. The molecule has 0 spiro atoms. The fourth-order valence-electron chi connectivity index (χ4n) is 7.96. The van der Waals surface area contributed by atoms with Gasteiger partial charge in [-0.2, -0.15) is 0 Å². The van der Waals surface area contributed by atoms with Gasteiger partial charge in [-0.1, -0.05) is 144 Å². The number of fused-ring (bicyclic) bond motifs is 8. The van der Waals surface area contributed by atoms with Gasteiger partial charge in [-0.3, -0.25) is 19.9 Å². The van der Waals surface area contributed by atoms with Gasteiger partial charge in [-0.25, -0.2) is 0 Å². The molecule has 0 radical (unpaired) electrons. The molecule has 63 heavy (non-hydrogen) atoms. The van der Waals surface area contributed by atoms with E-state index in [4.69, 9.17) is 59.8 Å². The van der Waals surface area contributed by atoms with E-state index in [0.717, 1.165) is 87.2 Å². The minimum atomic E-state index is 0. The van der Waals surface area contributed by atoms with Crippen LogP contribution in [0.1, 0.15) is 0 Å². The summed E-state index contributed by atoms with van der Waals surface area (Å²) in [6.07, 6.45) is 0. The quantitative estimate of drug-likeness (QED) is 0.104. The Morgan fingerprint density at radius 2 is 0.413 bits per heavy atom. The van der Waals surface area contributed by atoms with E-state index in [2.05, 4.69) is 0 Å². The standard InChI is InChI=1S/2C24H12N6.2Fe.H2O/c2*1-2-14-6-10-18-26-20-12-8-16-4-3-15-7-11-19(29-23(15)24(16)30-20)25-17-9-5-13(1)21(27-17)22(14)28-18;;;/h2*1-12H;;;1H2/q2*-2;2*+2;. The molecule has 0 unspecified atom stereocenters. The molecule has 14 rings (SSSR count). The van der Waals surface area contributed by atoms with Gasteiger partial charge in [0.25, 0.3) is 0 Å². The number of aromatic nitrogens is 12. The third-order valence-electron chi connectivity index (χ3n) is 10.9. The van der Waals surface area contributed by atoms with Gasteiger partial charge in [0.1, 0.15) is 0 Å². The average molecular weight is 899 g/mol. The fourth-order valence-corrected chi connectivity index (χ4v) is 7.96. The molecule has 10 aromatic heterocycles. The molecule has 0 aliphatic carbocycles. The van der Waals surface area contributed by atoms with Gasteiger partial charge in [0.15, 0.2) is 0 Å². The second-order valence-corrected chi connectivity index (χ2v) is 14.6. The van der Waals surface area contributed by atoms with Crippen molar-refractivity contribution in [2.45, 2.75) is 0 Å². The van der Waals surface area contributed by atoms with E-state index in [1.54, 1.807) is 0 Å². The van der Waals surface area contributed by atoms with E-state index in [-0.39, 0.29) is 39.6 Å². The van der Waals surface area contributed by atoms with Crippen LogP contribution in [0.25, 0.3) is 132 Å². The second-order valence-electron chi connectivity index (χ2n) is 14.6. The monoisotopic (exact) mass is 898 g/mol. The van der Waals surface area contributed by atoms with Crippen LogP contribution in [0.5, 0.6) is 0 Å². The maximum absolute atomic E-state index is 4.79. The van der Waals surface area contributed by atoms with E-state index in [1.165, 1.54) is 0 Å². The van der Waals surface area contributed by atoms with Crippen LogP contribution in [0.3, 0.4) is 0 Å². The Morgan fingerprint density at radius 3 is 0.651 bits per heavy atom. The van der Waals surface area contributed by atoms with Crippen molar-refractivity contribution in [1.29, 1.82) is 0 Å². The Balaban J connectivity index is 0.000000143. The van der Waals surface area contributed by atoms with Gasteiger partial charge in [0, 0.05) is 21.5 Å². The second kappa shape index (κ2) is 15.4. The number of nitrogens with zero attached hydrogens (tertiary/aromatic N) is 12. The van der Waals surface area contributed by atoms with Crippen LogP contribution in [-0.2, 0) is 34.1 Å². The van der Waals surface area contributed by atoms with Crippen molar-refractivity contribution < 1.29 is 39.6 Å². The number of benzene rings is 4. The molecule has 10 heterocycles. The molecular weight excluding hydrogens is 872 g/mol. The normalized spacial score (nSPS) is 11.4. The Labute approximate surface area is 375 Å². The zero-order valence-corrected chi connectivity index (χ0v) is 34.6. The molecular formula is C48H26Fe2N12O. The maximum Gasteiger partial charge on any atom is 2.00 e. The summed E-state index contributed by atoms with van der Waals surface area (Å²) in [5.74, 6) is 0. The first-order valence-electron chi connectivity index (χ1n) is 19.3. The van der Waals surface area contributed by atoms with Crippen molar-refractivity contribution in [3.05, 3.63) is 146 Å². The Bertz CT molecular complexity index is 3380. The molecule has 0 saturated heterocycles. The van der Waals surface area contributed by atoms with Crippen LogP contribution in [0.4, 0.5) is 0 Å². The Morgan fingerprint density at radius 1 is 0.222 bits per heavy atom. The molecule has 0 atom stereocenters. The third kappa shape index (κ3) is 6.77. The first kappa shape index (κ1) is 39.5. The zero-order chi connectivity index (χ0) is 39.3. The summed E-state index contributed by atoms with van der Waals surface area (Å²) in [7, 11) is 0. The fraction of sp³-hybridized carbons (Fsp3) is 0. The van der Waals surface area contributed by atoms with Crippen molar-refractivity contribution in [3.63, 3.8) is 0 Å². The molecule has 4 aromatic carbocycles. The molecule has 300 valence electrons.